The first kappa shape index (κ1) is 22.8. The maximum atomic E-state index is 12.2. The molecule has 4 atom stereocenters. The van der Waals surface area contributed by atoms with Gasteiger partial charge in [0.1, 0.15) is 5.78 Å². The molecular weight excluding hydrogens is 332 g/mol. The number of ketones is 1. The Balaban J connectivity index is 2.34. The van der Waals surface area contributed by atoms with E-state index >= 15 is 0 Å². The van der Waals surface area contributed by atoms with Gasteiger partial charge in [-0.05, 0) is 19.3 Å². The Bertz CT molecular complexity index is 446. The van der Waals surface area contributed by atoms with Gasteiger partial charge in [0.25, 0.3) is 0 Å². The minimum absolute atomic E-state index is 0.124. The quantitative estimate of drug-likeness (QED) is 0.320. The molecule has 1 unspecified atom stereocenters. The standard InChI is InChI=1S/C21H36O5/c1-2-3-7-10-16(22)13-14-18-17(19(23)15-20(18)24)11-8-5-4-6-9-12-21(25)26/h13-14,16-18,20,22,24H,2-12,15H2,1H3,(H,25,26)/t16?,17-,18-,20-/m0/s1. The lowest BCUT2D eigenvalue weighted by Gasteiger charge is -2.18. The fraction of sp³-hybridized carbons (Fsp3) is 0.810. The summed E-state index contributed by atoms with van der Waals surface area (Å²) < 4.78 is 0. The van der Waals surface area contributed by atoms with E-state index in [1.807, 2.05) is 6.08 Å². The van der Waals surface area contributed by atoms with Crippen LogP contribution in [0.25, 0.3) is 0 Å². The molecule has 1 aliphatic carbocycles. The predicted molar refractivity (Wildman–Crippen MR) is 102 cm³/mol. The van der Waals surface area contributed by atoms with E-state index in [4.69, 9.17) is 5.11 Å². The molecule has 0 heterocycles. The Morgan fingerprint density at radius 1 is 1.15 bits per heavy atom. The van der Waals surface area contributed by atoms with Gasteiger partial charge in [-0.2, -0.15) is 0 Å². The SMILES string of the molecule is CCCCCC(O)C=C[C@H]1[C@H](CCCCCCCC(=O)O)C(=O)C[C@@H]1O. The smallest absolute Gasteiger partial charge is 0.303 e. The van der Waals surface area contributed by atoms with Gasteiger partial charge < -0.3 is 15.3 Å². The van der Waals surface area contributed by atoms with Crippen LogP contribution in [0.3, 0.4) is 0 Å². The number of hydrogen-bond donors (Lipinski definition) is 3. The minimum Gasteiger partial charge on any atom is -0.481 e. The number of Topliss-reactive ketones (excluding diaryl/α,β-unsaturated/α-hetero) is 1. The molecule has 26 heavy (non-hydrogen) atoms. The topological polar surface area (TPSA) is 94.8 Å². The molecule has 0 aliphatic heterocycles. The van der Waals surface area contributed by atoms with Gasteiger partial charge in [-0.1, -0.05) is 64.0 Å². The lowest BCUT2D eigenvalue weighted by atomic mass is 9.88. The Kier molecular flexibility index (Phi) is 11.5. The zero-order chi connectivity index (χ0) is 19.4. The van der Waals surface area contributed by atoms with Crippen molar-refractivity contribution in [1.82, 2.24) is 0 Å². The van der Waals surface area contributed by atoms with E-state index in [0.717, 1.165) is 57.8 Å². The molecule has 0 aromatic carbocycles. The Morgan fingerprint density at radius 2 is 1.85 bits per heavy atom. The molecule has 0 aromatic heterocycles. The van der Waals surface area contributed by atoms with E-state index < -0.39 is 18.2 Å². The van der Waals surface area contributed by atoms with Crippen molar-refractivity contribution in [3.8, 4) is 0 Å². The number of aliphatic hydroxyl groups is 2. The first-order valence-electron chi connectivity index (χ1n) is 10.2. The van der Waals surface area contributed by atoms with Crippen LogP contribution in [-0.2, 0) is 9.59 Å². The normalized spacial score (nSPS) is 24.4. The molecule has 0 aromatic rings. The van der Waals surface area contributed by atoms with Crippen molar-refractivity contribution in [3.63, 3.8) is 0 Å². The molecule has 5 heteroatoms. The average Bonchev–Trinajstić information content (AvgIpc) is 2.85. The number of carbonyl (C=O) groups excluding carboxylic acids is 1. The third kappa shape index (κ3) is 8.95. The second kappa shape index (κ2) is 13.0. The lowest BCUT2D eigenvalue weighted by Crippen LogP contribution is -2.19. The lowest BCUT2D eigenvalue weighted by molar-refractivity contribution is -0.137. The van der Waals surface area contributed by atoms with Gasteiger partial charge >= 0.3 is 5.97 Å². The Morgan fingerprint density at radius 3 is 2.54 bits per heavy atom. The number of rotatable bonds is 14. The summed E-state index contributed by atoms with van der Waals surface area (Å²) in [6.45, 7) is 2.12. The average molecular weight is 369 g/mol. The third-order valence-corrected chi connectivity index (χ3v) is 5.30. The van der Waals surface area contributed by atoms with Crippen molar-refractivity contribution >= 4 is 11.8 Å². The molecule has 0 saturated heterocycles. The number of hydrogen-bond acceptors (Lipinski definition) is 4. The molecule has 3 N–H and O–H groups in total. The first-order valence-corrected chi connectivity index (χ1v) is 10.2. The summed E-state index contributed by atoms with van der Waals surface area (Å²) in [6, 6.07) is 0. The van der Waals surface area contributed by atoms with E-state index in [0.29, 0.717) is 6.42 Å². The van der Waals surface area contributed by atoms with Crippen LogP contribution < -0.4 is 0 Å². The maximum Gasteiger partial charge on any atom is 0.303 e. The predicted octanol–water partition coefficient (Wildman–Crippen LogP) is 3.87. The first-order chi connectivity index (χ1) is 12.5. The van der Waals surface area contributed by atoms with Crippen LogP contribution in [0.15, 0.2) is 12.2 Å². The summed E-state index contributed by atoms with van der Waals surface area (Å²) in [4.78, 5) is 22.6. The molecular formula is C21H36O5. The maximum absolute atomic E-state index is 12.2. The summed E-state index contributed by atoms with van der Waals surface area (Å²) >= 11 is 0. The highest BCUT2D eigenvalue weighted by Gasteiger charge is 2.39. The van der Waals surface area contributed by atoms with Crippen LogP contribution in [0.5, 0.6) is 0 Å². The Labute approximate surface area is 157 Å². The third-order valence-electron chi connectivity index (χ3n) is 5.30. The van der Waals surface area contributed by atoms with Gasteiger partial charge in [0.05, 0.1) is 12.2 Å². The second-order valence-electron chi connectivity index (χ2n) is 7.57. The van der Waals surface area contributed by atoms with Crippen molar-refractivity contribution in [2.24, 2.45) is 11.8 Å². The van der Waals surface area contributed by atoms with Crippen molar-refractivity contribution in [2.45, 2.75) is 96.2 Å². The molecule has 150 valence electrons. The second-order valence-corrected chi connectivity index (χ2v) is 7.57. The van der Waals surface area contributed by atoms with Gasteiger partial charge in [-0.25, -0.2) is 0 Å². The summed E-state index contributed by atoms with van der Waals surface area (Å²) in [6.07, 6.45) is 12.1. The molecule has 0 spiro atoms. The van der Waals surface area contributed by atoms with Crippen molar-refractivity contribution in [2.75, 3.05) is 0 Å². The van der Waals surface area contributed by atoms with E-state index in [1.165, 1.54) is 0 Å². The van der Waals surface area contributed by atoms with Crippen LogP contribution in [-0.4, -0.2) is 39.3 Å². The van der Waals surface area contributed by atoms with E-state index in [1.54, 1.807) is 6.08 Å². The van der Waals surface area contributed by atoms with Gasteiger partial charge in [0.15, 0.2) is 0 Å². The summed E-state index contributed by atoms with van der Waals surface area (Å²) in [5.41, 5.74) is 0. The van der Waals surface area contributed by atoms with E-state index in [-0.39, 0.29) is 30.5 Å². The zero-order valence-electron chi connectivity index (χ0n) is 16.1. The number of aliphatic carboxylic acids is 1. The zero-order valence-corrected chi connectivity index (χ0v) is 16.1. The number of carboxylic acids is 1. The molecule has 5 nitrogen and oxygen atoms in total. The van der Waals surface area contributed by atoms with Crippen LogP contribution in [0.2, 0.25) is 0 Å². The van der Waals surface area contributed by atoms with Crippen LogP contribution in [0.4, 0.5) is 0 Å². The molecule has 1 aliphatic rings. The van der Waals surface area contributed by atoms with Crippen LogP contribution in [0, 0.1) is 11.8 Å². The molecule has 1 rings (SSSR count). The highest BCUT2D eigenvalue weighted by molar-refractivity contribution is 5.84. The van der Waals surface area contributed by atoms with Crippen LogP contribution >= 0.6 is 0 Å². The Hall–Kier alpha value is -1.20. The largest absolute Gasteiger partial charge is 0.481 e. The van der Waals surface area contributed by atoms with Crippen LogP contribution in [0.1, 0.15) is 84.0 Å². The molecule has 0 radical (unpaired) electrons. The summed E-state index contributed by atoms with van der Waals surface area (Å²) in [5, 5.41) is 28.8. The van der Waals surface area contributed by atoms with Gasteiger partial charge in [0.2, 0.25) is 0 Å². The number of unbranched alkanes of at least 4 members (excludes halogenated alkanes) is 6. The molecule has 1 fully saturated rings. The fourth-order valence-electron chi connectivity index (χ4n) is 3.72. The molecule has 0 amide bonds. The van der Waals surface area contributed by atoms with Crippen molar-refractivity contribution in [3.05, 3.63) is 12.2 Å². The van der Waals surface area contributed by atoms with Crippen molar-refractivity contribution < 1.29 is 24.9 Å². The monoisotopic (exact) mass is 368 g/mol. The van der Waals surface area contributed by atoms with E-state index in [2.05, 4.69) is 6.92 Å². The fourth-order valence-corrected chi connectivity index (χ4v) is 3.72. The highest BCUT2D eigenvalue weighted by atomic mass is 16.4. The van der Waals surface area contributed by atoms with Gasteiger partial charge in [-0.3, -0.25) is 9.59 Å². The number of carboxylic acid groups (broad SMARTS) is 1. The molecule has 0 bridgehead atoms. The molecule has 1 saturated carbocycles. The minimum atomic E-state index is -0.748. The number of aliphatic hydroxyl groups excluding tert-OH is 2. The summed E-state index contributed by atoms with van der Waals surface area (Å²) in [7, 11) is 0. The van der Waals surface area contributed by atoms with Gasteiger partial charge in [0, 0.05) is 24.7 Å². The number of carbonyl (C=O) groups is 2. The van der Waals surface area contributed by atoms with E-state index in [9.17, 15) is 19.8 Å². The van der Waals surface area contributed by atoms with Crippen molar-refractivity contribution in [1.29, 1.82) is 0 Å². The highest BCUT2D eigenvalue weighted by Crippen LogP contribution is 2.34. The summed E-state index contributed by atoms with van der Waals surface area (Å²) in [5.74, 6) is -0.959. The van der Waals surface area contributed by atoms with Gasteiger partial charge in [-0.15, -0.1) is 0 Å².